The van der Waals surface area contributed by atoms with Gasteiger partial charge in [-0.15, -0.1) is 0 Å². The zero-order valence-corrected chi connectivity index (χ0v) is 16.0. The van der Waals surface area contributed by atoms with E-state index in [1.54, 1.807) is 19.4 Å². The first kappa shape index (κ1) is 18.2. The highest BCUT2D eigenvalue weighted by Crippen LogP contribution is 2.25. The van der Waals surface area contributed by atoms with Crippen LogP contribution in [0.3, 0.4) is 0 Å². The van der Waals surface area contributed by atoms with Gasteiger partial charge in [-0.1, -0.05) is 29.3 Å². The van der Waals surface area contributed by atoms with Crippen LogP contribution < -0.4 is 9.64 Å². The van der Waals surface area contributed by atoms with E-state index in [4.69, 9.17) is 27.9 Å². The van der Waals surface area contributed by atoms with Crippen molar-refractivity contribution in [3.8, 4) is 5.88 Å². The first-order valence-electron chi connectivity index (χ1n) is 8.33. The third kappa shape index (κ3) is 4.54. The third-order valence-electron chi connectivity index (χ3n) is 4.56. The molecule has 0 amide bonds. The molecule has 1 aliphatic rings. The molecule has 0 spiro atoms. The number of methoxy groups -OCH3 is 1. The van der Waals surface area contributed by atoms with Gasteiger partial charge in [-0.2, -0.15) is 4.98 Å². The number of likely N-dealkylation sites (tertiary alicyclic amines) is 1. The number of rotatable bonds is 5. The number of nitrogens with zero attached hydrogens (tertiary/aromatic N) is 4. The molecule has 134 valence electrons. The number of ether oxygens (including phenoxy) is 1. The first-order valence-corrected chi connectivity index (χ1v) is 9.08. The largest absolute Gasteiger partial charge is 0.481 e. The number of benzene rings is 1. The molecule has 2 aromatic rings. The Balaban J connectivity index is 1.66. The molecule has 5 nitrogen and oxygen atoms in total. The molecule has 1 saturated heterocycles. The second-order valence-electron chi connectivity index (χ2n) is 6.29. The van der Waals surface area contributed by atoms with Gasteiger partial charge in [-0.3, -0.25) is 4.90 Å². The lowest BCUT2D eigenvalue weighted by Gasteiger charge is -2.37. The van der Waals surface area contributed by atoms with Gasteiger partial charge in [0.2, 0.25) is 11.8 Å². The Morgan fingerprint density at radius 3 is 2.88 bits per heavy atom. The molecule has 0 radical (unpaired) electrons. The van der Waals surface area contributed by atoms with Gasteiger partial charge in [0, 0.05) is 38.4 Å². The van der Waals surface area contributed by atoms with Crippen LogP contribution in [0, 0.1) is 0 Å². The smallest absolute Gasteiger partial charge is 0.228 e. The highest BCUT2D eigenvalue weighted by atomic mass is 35.5. The standard InChI is InChI=1S/C18H22Cl2N4O/c1-23(18-21-8-7-17(22-18)25-2)14-4-3-9-24(12-14)11-13-5-6-15(19)16(20)10-13/h5-8,10,14H,3-4,9,11-12H2,1-2H3. The second kappa shape index (κ2) is 8.21. The maximum atomic E-state index is 6.13. The van der Waals surface area contributed by atoms with Crippen LogP contribution in [0.25, 0.3) is 0 Å². The fourth-order valence-electron chi connectivity index (χ4n) is 3.17. The van der Waals surface area contributed by atoms with Gasteiger partial charge < -0.3 is 9.64 Å². The number of aromatic nitrogens is 2. The number of hydrogen-bond acceptors (Lipinski definition) is 5. The number of likely N-dealkylation sites (N-methyl/N-ethyl adjacent to an activating group) is 1. The van der Waals surface area contributed by atoms with Crippen molar-refractivity contribution in [2.45, 2.75) is 25.4 Å². The van der Waals surface area contributed by atoms with Crippen molar-refractivity contribution in [2.24, 2.45) is 0 Å². The highest BCUT2D eigenvalue weighted by molar-refractivity contribution is 6.42. The molecule has 1 aliphatic heterocycles. The van der Waals surface area contributed by atoms with Gasteiger partial charge in [0.1, 0.15) is 0 Å². The fourth-order valence-corrected chi connectivity index (χ4v) is 3.49. The van der Waals surface area contributed by atoms with Gasteiger partial charge in [-0.05, 0) is 37.1 Å². The van der Waals surface area contributed by atoms with E-state index in [9.17, 15) is 0 Å². The summed E-state index contributed by atoms with van der Waals surface area (Å²) in [7, 11) is 3.66. The summed E-state index contributed by atoms with van der Waals surface area (Å²) < 4.78 is 5.20. The Morgan fingerprint density at radius 2 is 2.12 bits per heavy atom. The predicted molar refractivity (Wildman–Crippen MR) is 102 cm³/mol. The summed E-state index contributed by atoms with van der Waals surface area (Å²) in [6, 6.07) is 7.96. The number of hydrogen-bond donors (Lipinski definition) is 0. The molecule has 3 rings (SSSR count). The monoisotopic (exact) mass is 380 g/mol. The molecular formula is C18H22Cl2N4O. The first-order chi connectivity index (χ1) is 12.1. The molecule has 7 heteroatoms. The summed E-state index contributed by atoms with van der Waals surface area (Å²) in [5, 5.41) is 1.20. The van der Waals surface area contributed by atoms with Crippen molar-refractivity contribution in [3.05, 3.63) is 46.1 Å². The zero-order valence-electron chi connectivity index (χ0n) is 14.5. The Morgan fingerprint density at radius 1 is 1.28 bits per heavy atom. The minimum atomic E-state index is 0.364. The molecule has 1 fully saturated rings. The van der Waals surface area contributed by atoms with Crippen molar-refractivity contribution in [3.63, 3.8) is 0 Å². The topological polar surface area (TPSA) is 41.5 Å². The maximum Gasteiger partial charge on any atom is 0.228 e. The molecule has 1 atom stereocenters. The van der Waals surface area contributed by atoms with Crippen LogP contribution >= 0.6 is 23.2 Å². The summed E-state index contributed by atoms with van der Waals surface area (Å²) in [5.74, 6) is 1.28. The van der Waals surface area contributed by atoms with E-state index in [1.807, 2.05) is 25.2 Å². The second-order valence-corrected chi connectivity index (χ2v) is 7.10. The zero-order chi connectivity index (χ0) is 17.8. The molecule has 1 unspecified atom stereocenters. The summed E-state index contributed by atoms with van der Waals surface area (Å²) in [6.45, 7) is 2.89. The summed E-state index contributed by atoms with van der Waals surface area (Å²) in [6.07, 6.45) is 3.99. The van der Waals surface area contributed by atoms with Crippen LogP contribution in [-0.2, 0) is 6.54 Å². The van der Waals surface area contributed by atoms with E-state index < -0.39 is 0 Å². The van der Waals surface area contributed by atoms with Crippen LogP contribution in [-0.4, -0.2) is 48.2 Å². The van der Waals surface area contributed by atoms with Crippen molar-refractivity contribution in [1.29, 1.82) is 0 Å². The fraction of sp³-hybridized carbons (Fsp3) is 0.444. The normalized spacial score (nSPS) is 18.2. The number of anilines is 1. The van der Waals surface area contributed by atoms with Gasteiger partial charge in [0.05, 0.1) is 17.2 Å². The van der Waals surface area contributed by atoms with Crippen LogP contribution in [0.1, 0.15) is 18.4 Å². The molecule has 1 aromatic heterocycles. The summed E-state index contributed by atoms with van der Waals surface area (Å²) >= 11 is 12.1. The van der Waals surface area contributed by atoms with Crippen molar-refractivity contribution < 1.29 is 4.74 Å². The van der Waals surface area contributed by atoms with E-state index in [1.165, 1.54) is 5.56 Å². The molecule has 1 aromatic carbocycles. The van der Waals surface area contributed by atoms with E-state index in [0.717, 1.165) is 32.5 Å². The minimum Gasteiger partial charge on any atom is -0.481 e. The lowest BCUT2D eigenvalue weighted by molar-refractivity contribution is 0.198. The van der Waals surface area contributed by atoms with Crippen molar-refractivity contribution in [1.82, 2.24) is 14.9 Å². The Bertz CT molecular complexity index is 728. The van der Waals surface area contributed by atoms with Gasteiger partial charge in [0.25, 0.3) is 0 Å². The lowest BCUT2D eigenvalue weighted by Crippen LogP contribution is -2.46. The molecular weight excluding hydrogens is 359 g/mol. The van der Waals surface area contributed by atoms with Crippen LogP contribution in [0.5, 0.6) is 5.88 Å². The predicted octanol–water partition coefficient (Wildman–Crippen LogP) is 3.89. The van der Waals surface area contributed by atoms with E-state index in [2.05, 4.69) is 19.8 Å². The van der Waals surface area contributed by atoms with Crippen LogP contribution in [0.2, 0.25) is 10.0 Å². The van der Waals surface area contributed by atoms with E-state index >= 15 is 0 Å². The average molecular weight is 381 g/mol. The van der Waals surface area contributed by atoms with Gasteiger partial charge >= 0.3 is 0 Å². The Hall–Kier alpha value is -1.56. The molecule has 2 heterocycles. The van der Waals surface area contributed by atoms with E-state index in [-0.39, 0.29) is 0 Å². The van der Waals surface area contributed by atoms with E-state index in [0.29, 0.717) is 27.9 Å². The maximum absolute atomic E-state index is 6.13. The minimum absolute atomic E-state index is 0.364. The number of halogens is 2. The molecule has 0 saturated carbocycles. The average Bonchev–Trinajstić information content (AvgIpc) is 2.64. The molecule has 0 N–H and O–H groups in total. The Kier molecular flexibility index (Phi) is 5.99. The lowest BCUT2D eigenvalue weighted by atomic mass is 10.0. The van der Waals surface area contributed by atoms with Gasteiger partial charge in [-0.25, -0.2) is 4.98 Å². The molecule has 25 heavy (non-hydrogen) atoms. The molecule has 0 aliphatic carbocycles. The summed E-state index contributed by atoms with van der Waals surface area (Å²) in [5.41, 5.74) is 1.18. The third-order valence-corrected chi connectivity index (χ3v) is 5.30. The SMILES string of the molecule is COc1ccnc(N(C)C2CCCN(Cc3ccc(Cl)c(Cl)c3)C2)n1. The van der Waals surface area contributed by atoms with Crippen LogP contribution in [0.4, 0.5) is 5.95 Å². The summed E-state index contributed by atoms with van der Waals surface area (Å²) in [4.78, 5) is 13.4. The number of piperidine rings is 1. The van der Waals surface area contributed by atoms with Crippen molar-refractivity contribution in [2.75, 3.05) is 32.1 Å². The van der Waals surface area contributed by atoms with Crippen LogP contribution in [0.15, 0.2) is 30.5 Å². The highest BCUT2D eigenvalue weighted by Gasteiger charge is 2.25. The quantitative estimate of drug-likeness (QED) is 0.786. The van der Waals surface area contributed by atoms with Crippen molar-refractivity contribution >= 4 is 29.2 Å². The Labute approximate surface area is 158 Å². The van der Waals surface area contributed by atoms with Gasteiger partial charge in [0.15, 0.2) is 0 Å². The molecule has 0 bridgehead atoms.